The van der Waals surface area contributed by atoms with E-state index in [2.05, 4.69) is 5.10 Å². The highest BCUT2D eigenvalue weighted by atomic mass is 19.1. The molecule has 1 aromatic carbocycles. The third-order valence-electron chi connectivity index (χ3n) is 4.19. The van der Waals surface area contributed by atoms with Crippen LogP contribution in [0, 0.1) is 5.82 Å². The van der Waals surface area contributed by atoms with E-state index in [1.807, 2.05) is 4.90 Å². The largest absolute Gasteiger partial charge is 0.497 e. The third kappa shape index (κ3) is 3.06. The molecule has 0 atom stereocenters. The van der Waals surface area contributed by atoms with Crippen LogP contribution in [0.3, 0.4) is 0 Å². The molecule has 0 radical (unpaired) electrons. The highest BCUT2D eigenvalue weighted by Gasteiger charge is 2.22. The maximum atomic E-state index is 14.2. The molecule has 2 heterocycles. The van der Waals surface area contributed by atoms with Gasteiger partial charge >= 0.3 is 0 Å². The van der Waals surface area contributed by atoms with Gasteiger partial charge in [-0.15, -0.1) is 0 Å². The minimum absolute atomic E-state index is 0.0418. The number of carbonyl (C=O) groups is 1. The number of hydrogen-bond donors (Lipinski definition) is 0. The number of likely N-dealkylation sites (tertiary alicyclic amines) is 1. The average Bonchev–Trinajstić information content (AvgIpc) is 2.96. The lowest BCUT2D eigenvalue weighted by molar-refractivity contribution is 0.0713. The lowest BCUT2D eigenvalue weighted by Crippen LogP contribution is -2.36. The molecule has 5 nitrogen and oxygen atoms in total. The number of nitrogens with zero attached hydrogens (tertiary/aromatic N) is 3. The van der Waals surface area contributed by atoms with E-state index in [1.54, 1.807) is 25.2 Å². The second-order valence-electron chi connectivity index (χ2n) is 5.74. The number of halogens is 1. The number of methoxy groups -OCH3 is 1. The molecule has 0 bridgehead atoms. The molecule has 1 amide bonds. The predicted molar refractivity (Wildman–Crippen MR) is 84.9 cm³/mol. The molecule has 6 heteroatoms. The molecule has 0 aliphatic carbocycles. The van der Waals surface area contributed by atoms with Gasteiger partial charge in [-0.1, -0.05) is 0 Å². The third-order valence-corrected chi connectivity index (χ3v) is 4.19. The van der Waals surface area contributed by atoms with Crippen LogP contribution in [-0.2, 0) is 7.05 Å². The summed E-state index contributed by atoms with van der Waals surface area (Å²) in [6.07, 6.45) is 3.23. The molecule has 0 N–H and O–H groups in total. The number of amides is 1. The number of piperidine rings is 1. The Balaban J connectivity index is 1.90. The molecule has 0 saturated carbocycles. The molecule has 0 unspecified atom stereocenters. The van der Waals surface area contributed by atoms with E-state index in [4.69, 9.17) is 4.74 Å². The van der Waals surface area contributed by atoms with Gasteiger partial charge in [0.05, 0.1) is 12.8 Å². The average molecular weight is 317 g/mol. The van der Waals surface area contributed by atoms with Gasteiger partial charge in [-0.2, -0.15) is 5.10 Å². The van der Waals surface area contributed by atoms with Crippen molar-refractivity contribution in [1.29, 1.82) is 0 Å². The molecule has 3 rings (SSSR count). The summed E-state index contributed by atoms with van der Waals surface area (Å²) in [5.74, 6) is -0.00825. The minimum atomic E-state index is -0.417. The van der Waals surface area contributed by atoms with Crippen LogP contribution in [0.15, 0.2) is 24.3 Å². The number of carbonyl (C=O) groups excluding carboxylic acids is 1. The monoisotopic (exact) mass is 317 g/mol. The Morgan fingerprint density at radius 3 is 2.61 bits per heavy atom. The Morgan fingerprint density at radius 1 is 1.22 bits per heavy atom. The first-order chi connectivity index (χ1) is 11.1. The van der Waals surface area contributed by atoms with E-state index in [1.165, 1.54) is 17.9 Å². The minimum Gasteiger partial charge on any atom is -0.497 e. The molecule has 2 aromatic rings. The summed E-state index contributed by atoms with van der Waals surface area (Å²) in [6, 6.07) is 6.27. The van der Waals surface area contributed by atoms with Crippen LogP contribution in [0.4, 0.5) is 4.39 Å². The Morgan fingerprint density at radius 2 is 1.96 bits per heavy atom. The van der Waals surface area contributed by atoms with Crippen LogP contribution in [0.5, 0.6) is 5.75 Å². The summed E-state index contributed by atoms with van der Waals surface area (Å²) < 4.78 is 20.7. The van der Waals surface area contributed by atoms with Crippen molar-refractivity contribution in [2.75, 3.05) is 20.2 Å². The van der Waals surface area contributed by atoms with Crippen molar-refractivity contribution in [3.8, 4) is 17.0 Å². The van der Waals surface area contributed by atoms with Crippen LogP contribution in [0.1, 0.15) is 29.8 Å². The quantitative estimate of drug-likeness (QED) is 0.874. The van der Waals surface area contributed by atoms with E-state index in [0.717, 1.165) is 32.4 Å². The molecule has 1 aliphatic rings. The fourth-order valence-electron chi connectivity index (χ4n) is 2.89. The molecular weight excluding hydrogens is 297 g/mol. The number of aromatic nitrogens is 2. The molecular formula is C17H20FN3O2. The summed E-state index contributed by atoms with van der Waals surface area (Å²) in [5.41, 5.74) is 1.30. The summed E-state index contributed by atoms with van der Waals surface area (Å²) in [5, 5.41) is 4.30. The first-order valence-electron chi connectivity index (χ1n) is 7.77. The van der Waals surface area contributed by atoms with Crippen molar-refractivity contribution in [2.24, 2.45) is 7.05 Å². The van der Waals surface area contributed by atoms with Crippen LogP contribution in [0.25, 0.3) is 11.3 Å². The van der Waals surface area contributed by atoms with Crippen LogP contribution in [-0.4, -0.2) is 40.8 Å². The van der Waals surface area contributed by atoms with Crippen LogP contribution >= 0.6 is 0 Å². The number of hydrogen-bond acceptors (Lipinski definition) is 3. The zero-order valence-corrected chi connectivity index (χ0v) is 13.4. The summed E-state index contributed by atoms with van der Waals surface area (Å²) in [4.78, 5) is 14.4. The number of aryl methyl sites for hydroxylation is 1. The lowest BCUT2D eigenvalue weighted by atomic mass is 10.1. The highest BCUT2D eigenvalue weighted by Crippen LogP contribution is 2.26. The number of benzene rings is 1. The van der Waals surface area contributed by atoms with E-state index < -0.39 is 5.82 Å². The van der Waals surface area contributed by atoms with Crippen molar-refractivity contribution < 1.29 is 13.9 Å². The normalized spacial score (nSPS) is 14.8. The smallest absolute Gasteiger partial charge is 0.272 e. The Labute approximate surface area is 134 Å². The maximum Gasteiger partial charge on any atom is 0.272 e. The predicted octanol–water partition coefficient (Wildman–Crippen LogP) is 2.86. The van der Waals surface area contributed by atoms with Gasteiger partial charge in [0.1, 0.15) is 17.3 Å². The maximum absolute atomic E-state index is 14.2. The van der Waals surface area contributed by atoms with E-state index in [0.29, 0.717) is 22.7 Å². The zero-order chi connectivity index (χ0) is 16.4. The van der Waals surface area contributed by atoms with Gasteiger partial charge < -0.3 is 9.64 Å². The number of rotatable bonds is 3. The van der Waals surface area contributed by atoms with Gasteiger partial charge in [0.2, 0.25) is 0 Å². The van der Waals surface area contributed by atoms with Crippen molar-refractivity contribution in [3.63, 3.8) is 0 Å². The van der Waals surface area contributed by atoms with Crippen molar-refractivity contribution in [2.45, 2.75) is 19.3 Å². The molecule has 1 fully saturated rings. The SMILES string of the molecule is COc1ccc(-c2cc(C(=O)N3CCCCC3)n(C)n2)c(F)c1. The molecule has 0 spiro atoms. The standard InChI is InChI=1S/C17H20FN3O2/c1-20-16(17(22)21-8-4-3-5-9-21)11-15(19-20)13-7-6-12(23-2)10-14(13)18/h6-7,10-11H,3-5,8-9H2,1-2H3. The molecule has 1 aromatic heterocycles. The van der Waals surface area contributed by atoms with Gasteiger partial charge in [0.25, 0.3) is 5.91 Å². The Hall–Kier alpha value is -2.37. The van der Waals surface area contributed by atoms with Crippen molar-refractivity contribution >= 4 is 5.91 Å². The zero-order valence-electron chi connectivity index (χ0n) is 13.4. The highest BCUT2D eigenvalue weighted by molar-refractivity contribution is 5.93. The fraction of sp³-hybridized carbons (Fsp3) is 0.412. The molecule has 1 aliphatic heterocycles. The van der Waals surface area contributed by atoms with E-state index in [9.17, 15) is 9.18 Å². The Kier molecular flexibility index (Phi) is 4.32. The second-order valence-corrected chi connectivity index (χ2v) is 5.74. The topological polar surface area (TPSA) is 47.4 Å². The summed E-state index contributed by atoms with van der Waals surface area (Å²) >= 11 is 0. The van der Waals surface area contributed by atoms with Crippen molar-refractivity contribution in [3.05, 3.63) is 35.8 Å². The van der Waals surface area contributed by atoms with Crippen LogP contribution in [0.2, 0.25) is 0 Å². The lowest BCUT2D eigenvalue weighted by Gasteiger charge is -2.26. The fourth-order valence-corrected chi connectivity index (χ4v) is 2.89. The van der Waals surface area contributed by atoms with E-state index >= 15 is 0 Å². The van der Waals surface area contributed by atoms with Crippen LogP contribution < -0.4 is 4.74 Å². The van der Waals surface area contributed by atoms with Gasteiger partial charge in [0.15, 0.2) is 0 Å². The first-order valence-corrected chi connectivity index (χ1v) is 7.77. The second kappa shape index (κ2) is 6.40. The van der Waals surface area contributed by atoms with Gasteiger partial charge in [-0.3, -0.25) is 9.48 Å². The summed E-state index contributed by atoms with van der Waals surface area (Å²) in [7, 11) is 3.20. The van der Waals surface area contributed by atoms with Gasteiger partial charge in [-0.05, 0) is 37.5 Å². The van der Waals surface area contributed by atoms with Crippen molar-refractivity contribution in [1.82, 2.24) is 14.7 Å². The van der Waals surface area contributed by atoms with Gasteiger partial charge in [0, 0.05) is 31.8 Å². The van der Waals surface area contributed by atoms with E-state index in [-0.39, 0.29) is 5.91 Å². The Bertz CT molecular complexity index is 721. The number of ether oxygens (including phenoxy) is 1. The first kappa shape index (κ1) is 15.5. The molecule has 1 saturated heterocycles. The molecule has 23 heavy (non-hydrogen) atoms. The molecule has 122 valence electrons. The van der Waals surface area contributed by atoms with Gasteiger partial charge in [-0.25, -0.2) is 4.39 Å². The summed E-state index contributed by atoms with van der Waals surface area (Å²) in [6.45, 7) is 1.55.